The van der Waals surface area contributed by atoms with E-state index in [0.717, 1.165) is 23.0 Å². The zero-order chi connectivity index (χ0) is 15.8. The molecule has 0 saturated heterocycles. The van der Waals surface area contributed by atoms with E-state index >= 15 is 0 Å². The number of carbonyl (C=O) groups is 1. The molecule has 0 aromatic heterocycles. The van der Waals surface area contributed by atoms with E-state index in [1.807, 2.05) is 17.0 Å². The fraction of sp³-hybridized carbons (Fsp3) is 0.611. The van der Waals surface area contributed by atoms with Crippen molar-refractivity contribution in [3.63, 3.8) is 0 Å². The van der Waals surface area contributed by atoms with Gasteiger partial charge in [-0.15, -0.1) is 0 Å². The average Bonchev–Trinajstić information content (AvgIpc) is 2.43. The summed E-state index contributed by atoms with van der Waals surface area (Å²) >= 11 is 3.53. The molecule has 1 aromatic rings. The standard InChI is InChI=1S/C18H28BrNO/c1-5-7-8-10-15(4)20(18(21)9-6-2)16-11-12-17(19)14(3)13-16/h11-13,15H,5-10H2,1-4H3. The Morgan fingerprint density at radius 2 is 1.95 bits per heavy atom. The van der Waals surface area contributed by atoms with Crippen molar-refractivity contribution in [3.8, 4) is 0 Å². The van der Waals surface area contributed by atoms with E-state index in [0.29, 0.717) is 6.42 Å². The van der Waals surface area contributed by atoms with E-state index in [1.165, 1.54) is 24.8 Å². The Morgan fingerprint density at radius 1 is 1.24 bits per heavy atom. The van der Waals surface area contributed by atoms with Crippen LogP contribution in [0, 0.1) is 6.92 Å². The normalized spacial score (nSPS) is 12.2. The van der Waals surface area contributed by atoms with Crippen LogP contribution in [0.15, 0.2) is 22.7 Å². The molecule has 0 saturated carbocycles. The summed E-state index contributed by atoms with van der Waals surface area (Å²) in [4.78, 5) is 14.5. The quantitative estimate of drug-likeness (QED) is 0.536. The van der Waals surface area contributed by atoms with Crippen molar-refractivity contribution in [2.24, 2.45) is 0 Å². The Hall–Kier alpha value is -0.830. The van der Waals surface area contributed by atoms with Crippen molar-refractivity contribution in [1.29, 1.82) is 0 Å². The highest BCUT2D eigenvalue weighted by molar-refractivity contribution is 9.10. The highest BCUT2D eigenvalue weighted by Gasteiger charge is 2.21. The molecule has 3 heteroatoms. The number of amides is 1. The monoisotopic (exact) mass is 353 g/mol. The van der Waals surface area contributed by atoms with Gasteiger partial charge < -0.3 is 4.90 Å². The number of hydrogen-bond donors (Lipinski definition) is 0. The molecule has 0 bridgehead atoms. The Bertz CT molecular complexity index is 459. The van der Waals surface area contributed by atoms with Gasteiger partial charge in [-0.1, -0.05) is 49.0 Å². The topological polar surface area (TPSA) is 20.3 Å². The molecule has 1 unspecified atom stereocenters. The molecule has 0 aliphatic carbocycles. The molecule has 0 heterocycles. The van der Waals surface area contributed by atoms with E-state index in [2.05, 4.69) is 49.7 Å². The summed E-state index contributed by atoms with van der Waals surface area (Å²) in [7, 11) is 0. The van der Waals surface area contributed by atoms with E-state index in [9.17, 15) is 4.79 Å². The molecule has 0 aliphatic heterocycles. The maximum Gasteiger partial charge on any atom is 0.227 e. The first kappa shape index (κ1) is 18.2. The van der Waals surface area contributed by atoms with Crippen molar-refractivity contribution in [3.05, 3.63) is 28.2 Å². The van der Waals surface area contributed by atoms with Crippen LogP contribution in [0.3, 0.4) is 0 Å². The maximum atomic E-state index is 12.5. The highest BCUT2D eigenvalue weighted by atomic mass is 79.9. The SMILES string of the molecule is CCCCCC(C)N(C(=O)CCC)c1ccc(Br)c(C)c1. The van der Waals surface area contributed by atoms with Crippen LogP contribution in [-0.4, -0.2) is 11.9 Å². The highest BCUT2D eigenvalue weighted by Crippen LogP contribution is 2.26. The zero-order valence-electron chi connectivity index (χ0n) is 13.8. The maximum absolute atomic E-state index is 12.5. The zero-order valence-corrected chi connectivity index (χ0v) is 15.4. The number of anilines is 1. The van der Waals surface area contributed by atoms with Crippen LogP contribution in [0.25, 0.3) is 0 Å². The molecule has 0 aliphatic rings. The van der Waals surface area contributed by atoms with E-state index in [-0.39, 0.29) is 11.9 Å². The van der Waals surface area contributed by atoms with E-state index in [1.54, 1.807) is 0 Å². The first-order chi connectivity index (χ1) is 10.0. The van der Waals surface area contributed by atoms with Gasteiger partial charge in [0.15, 0.2) is 0 Å². The molecule has 0 N–H and O–H groups in total. The Labute approximate surface area is 138 Å². The van der Waals surface area contributed by atoms with Crippen LogP contribution in [0.4, 0.5) is 5.69 Å². The molecule has 1 aromatic carbocycles. The lowest BCUT2D eigenvalue weighted by Gasteiger charge is -2.30. The van der Waals surface area contributed by atoms with Gasteiger partial charge in [0.25, 0.3) is 0 Å². The molecular formula is C18H28BrNO. The lowest BCUT2D eigenvalue weighted by molar-refractivity contribution is -0.119. The van der Waals surface area contributed by atoms with Gasteiger partial charge in [0.1, 0.15) is 0 Å². The minimum absolute atomic E-state index is 0.239. The summed E-state index contributed by atoms with van der Waals surface area (Å²) in [5.41, 5.74) is 2.20. The number of carbonyl (C=O) groups excluding carboxylic acids is 1. The fourth-order valence-corrected chi connectivity index (χ4v) is 2.82. The number of halogens is 1. The molecule has 1 rings (SSSR count). The molecule has 1 amide bonds. The fourth-order valence-electron chi connectivity index (χ4n) is 2.58. The van der Waals surface area contributed by atoms with Crippen LogP contribution >= 0.6 is 15.9 Å². The molecule has 118 valence electrons. The van der Waals surface area contributed by atoms with Gasteiger partial charge >= 0.3 is 0 Å². The Balaban J connectivity index is 2.95. The smallest absolute Gasteiger partial charge is 0.227 e. The van der Waals surface area contributed by atoms with Gasteiger partial charge in [-0.05, 0) is 50.5 Å². The van der Waals surface area contributed by atoms with E-state index in [4.69, 9.17) is 0 Å². The Morgan fingerprint density at radius 3 is 2.52 bits per heavy atom. The van der Waals surface area contributed by atoms with Crippen molar-refractivity contribution in [2.45, 2.75) is 72.3 Å². The van der Waals surface area contributed by atoms with Gasteiger partial charge in [-0.3, -0.25) is 4.79 Å². The minimum Gasteiger partial charge on any atom is -0.310 e. The summed E-state index contributed by atoms with van der Waals surface area (Å²) < 4.78 is 1.09. The molecular weight excluding hydrogens is 326 g/mol. The second kappa shape index (κ2) is 9.24. The third-order valence-corrected chi connectivity index (χ3v) is 4.71. The van der Waals surface area contributed by atoms with E-state index < -0.39 is 0 Å². The van der Waals surface area contributed by atoms with Crippen molar-refractivity contribution < 1.29 is 4.79 Å². The number of nitrogens with zero attached hydrogens (tertiary/aromatic N) is 1. The molecule has 0 radical (unpaired) electrons. The van der Waals surface area contributed by atoms with Gasteiger partial charge in [0.2, 0.25) is 5.91 Å². The number of rotatable bonds is 8. The second-order valence-corrected chi connectivity index (χ2v) is 6.65. The third-order valence-electron chi connectivity index (χ3n) is 3.82. The molecule has 2 nitrogen and oxygen atoms in total. The summed E-state index contributed by atoms with van der Waals surface area (Å²) in [6.45, 7) is 8.51. The van der Waals surface area contributed by atoms with Crippen LogP contribution in [-0.2, 0) is 4.79 Å². The third kappa shape index (κ3) is 5.46. The predicted molar refractivity (Wildman–Crippen MR) is 94.9 cm³/mol. The van der Waals surface area contributed by atoms with Crippen LogP contribution in [0.2, 0.25) is 0 Å². The van der Waals surface area contributed by atoms with Gasteiger partial charge in [0, 0.05) is 22.6 Å². The largest absolute Gasteiger partial charge is 0.310 e. The number of aryl methyl sites for hydroxylation is 1. The van der Waals surface area contributed by atoms with Crippen LogP contribution in [0.1, 0.15) is 64.9 Å². The minimum atomic E-state index is 0.239. The predicted octanol–water partition coefficient (Wildman–Crippen LogP) is 5.86. The second-order valence-electron chi connectivity index (χ2n) is 5.79. The van der Waals surface area contributed by atoms with Gasteiger partial charge in [0.05, 0.1) is 0 Å². The van der Waals surface area contributed by atoms with Gasteiger partial charge in [-0.25, -0.2) is 0 Å². The van der Waals surface area contributed by atoms with Crippen LogP contribution in [0.5, 0.6) is 0 Å². The first-order valence-electron chi connectivity index (χ1n) is 8.09. The summed E-state index contributed by atoms with van der Waals surface area (Å²) in [5.74, 6) is 0.239. The summed E-state index contributed by atoms with van der Waals surface area (Å²) in [6.07, 6.45) is 6.22. The number of unbranched alkanes of at least 4 members (excludes halogenated alkanes) is 2. The molecule has 0 fully saturated rings. The summed E-state index contributed by atoms with van der Waals surface area (Å²) in [5, 5.41) is 0. The van der Waals surface area contributed by atoms with Gasteiger partial charge in [-0.2, -0.15) is 0 Å². The van der Waals surface area contributed by atoms with Crippen molar-refractivity contribution in [1.82, 2.24) is 0 Å². The molecule has 0 spiro atoms. The van der Waals surface area contributed by atoms with Crippen molar-refractivity contribution in [2.75, 3.05) is 4.90 Å². The number of benzene rings is 1. The lowest BCUT2D eigenvalue weighted by atomic mass is 10.1. The van der Waals surface area contributed by atoms with Crippen molar-refractivity contribution >= 4 is 27.5 Å². The molecule has 21 heavy (non-hydrogen) atoms. The Kier molecular flexibility index (Phi) is 8.02. The molecule has 1 atom stereocenters. The summed E-state index contributed by atoms with van der Waals surface area (Å²) in [6, 6.07) is 6.45. The lowest BCUT2D eigenvalue weighted by Crippen LogP contribution is -2.38. The first-order valence-corrected chi connectivity index (χ1v) is 8.88. The average molecular weight is 354 g/mol. The number of hydrogen-bond acceptors (Lipinski definition) is 1. The van der Waals surface area contributed by atoms with Crippen LogP contribution < -0.4 is 4.90 Å².